The fourth-order valence-electron chi connectivity index (χ4n) is 3.13. The quantitative estimate of drug-likeness (QED) is 0.943. The highest BCUT2D eigenvalue weighted by atomic mass is 16.1. The Hall–Kier alpha value is -1.91. The van der Waals surface area contributed by atoms with Crippen LogP contribution in [0.1, 0.15) is 49.9 Å². The molecule has 2 aromatic rings. The van der Waals surface area contributed by atoms with Crippen molar-refractivity contribution in [2.45, 2.75) is 52.1 Å². The molecule has 0 radical (unpaired) electrons. The monoisotopic (exact) mass is 286 g/mol. The molecule has 1 saturated carbocycles. The maximum Gasteiger partial charge on any atom is 0.251 e. The predicted octanol–water partition coefficient (Wildman–Crippen LogP) is 2.76. The van der Waals surface area contributed by atoms with Crippen molar-refractivity contribution >= 4 is 16.9 Å². The third kappa shape index (κ3) is 2.77. The number of benzene rings is 1. The normalized spacial score (nSPS) is 22.4. The van der Waals surface area contributed by atoms with Crippen molar-refractivity contribution in [2.75, 3.05) is 0 Å². The Morgan fingerprint density at radius 3 is 2.95 bits per heavy atom. The van der Waals surface area contributed by atoms with Crippen LogP contribution in [0.5, 0.6) is 0 Å². The lowest BCUT2D eigenvalue weighted by atomic mass is 9.86. The van der Waals surface area contributed by atoms with Gasteiger partial charge in [0.15, 0.2) is 0 Å². The van der Waals surface area contributed by atoms with Gasteiger partial charge in [-0.2, -0.15) is 0 Å². The lowest BCUT2D eigenvalue weighted by Gasteiger charge is -2.29. The summed E-state index contributed by atoms with van der Waals surface area (Å²) in [5, 5.41) is 11.4. The van der Waals surface area contributed by atoms with Gasteiger partial charge >= 0.3 is 0 Å². The van der Waals surface area contributed by atoms with Crippen LogP contribution >= 0.6 is 0 Å². The number of hydrogen-bond acceptors (Lipinski definition) is 3. The number of aryl methyl sites for hydroxylation is 1. The molecule has 0 unspecified atom stereocenters. The van der Waals surface area contributed by atoms with Crippen LogP contribution in [0.4, 0.5) is 0 Å². The van der Waals surface area contributed by atoms with Gasteiger partial charge in [0.2, 0.25) is 0 Å². The smallest absolute Gasteiger partial charge is 0.251 e. The topological polar surface area (TPSA) is 59.8 Å². The molecule has 1 aromatic heterocycles. The van der Waals surface area contributed by atoms with E-state index in [4.69, 9.17) is 0 Å². The predicted molar refractivity (Wildman–Crippen MR) is 82.1 cm³/mol. The van der Waals surface area contributed by atoms with Crippen LogP contribution in [-0.2, 0) is 6.54 Å². The van der Waals surface area contributed by atoms with E-state index in [-0.39, 0.29) is 5.91 Å². The average molecular weight is 286 g/mol. The maximum atomic E-state index is 12.4. The fourth-order valence-corrected chi connectivity index (χ4v) is 3.13. The fraction of sp³-hybridized carbons (Fsp3) is 0.562. The SMILES string of the molecule is CCn1nnc2cc(C(=O)N[C@H]3CCCC[C@H]3C)ccc21. The molecule has 2 atom stereocenters. The highest BCUT2D eigenvalue weighted by Crippen LogP contribution is 2.24. The summed E-state index contributed by atoms with van der Waals surface area (Å²) < 4.78 is 1.83. The summed E-state index contributed by atoms with van der Waals surface area (Å²) in [6.07, 6.45) is 4.77. The van der Waals surface area contributed by atoms with Crippen molar-refractivity contribution < 1.29 is 4.79 Å². The van der Waals surface area contributed by atoms with Gasteiger partial charge in [-0.15, -0.1) is 5.10 Å². The molecule has 5 nitrogen and oxygen atoms in total. The summed E-state index contributed by atoms with van der Waals surface area (Å²) in [4.78, 5) is 12.4. The lowest BCUT2D eigenvalue weighted by molar-refractivity contribution is 0.0910. The van der Waals surface area contributed by atoms with Gasteiger partial charge in [0, 0.05) is 18.2 Å². The molecule has 1 aliphatic rings. The molecule has 0 aliphatic heterocycles. The van der Waals surface area contributed by atoms with Crippen molar-refractivity contribution in [3.63, 3.8) is 0 Å². The number of nitrogens with zero attached hydrogens (tertiary/aromatic N) is 3. The van der Waals surface area contributed by atoms with Crippen molar-refractivity contribution in [3.8, 4) is 0 Å². The summed E-state index contributed by atoms with van der Waals surface area (Å²) in [6, 6.07) is 5.92. The number of nitrogens with one attached hydrogen (secondary N) is 1. The largest absolute Gasteiger partial charge is 0.349 e. The Morgan fingerprint density at radius 2 is 2.19 bits per heavy atom. The van der Waals surface area contributed by atoms with Gasteiger partial charge < -0.3 is 5.32 Å². The van der Waals surface area contributed by atoms with Crippen LogP contribution in [0, 0.1) is 5.92 Å². The molecule has 1 fully saturated rings. The molecule has 21 heavy (non-hydrogen) atoms. The minimum Gasteiger partial charge on any atom is -0.349 e. The molecule has 3 rings (SSSR count). The zero-order valence-corrected chi connectivity index (χ0v) is 12.7. The van der Waals surface area contributed by atoms with E-state index in [0.29, 0.717) is 17.5 Å². The van der Waals surface area contributed by atoms with E-state index in [1.807, 2.05) is 29.8 Å². The molecular weight excluding hydrogens is 264 g/mol. The molecule has 1 aliphatic carbocycles. The van der Waals surface area contributed by atoms with E-state index in [1.165, 1.54) is 19.3 Å². The molecule has 0 spiro atoms. The van der Waals surface area contributed by atoms with Crippen LogP contribution in [-0.4, -0.2) is 26.9 Å². The van der Waals surface area contributed by atoms with Crippen molar-refractivity contribution in [1.82, 2.24) is 20.3 Å². The molecule has 0 bridgehead atoms. The van der Waals surface area contributed by atoms with Crippen LogP contribution in [0.2, 0.25) is 0 Å². The van der Waals surface area contributed by atoms with Crippen LogP contribution < -0.4 is 5.32 Å². The first-order chi connectivity index (χ1) is 10.2. The Labute approximate surface area is 124 Å². The van der Waals surface area contributed by atoms with Crippen molar-refractivity contribution in [3.05, 3.63) is 23.8 Å². The van der Waals surface area contributed by atoms with Crippen LogP contribution in [0.25, 0.3) is 11.0 Å². The number of fused-ring (bicyclic) bond motifs is 1. The van der Waals surface area contributed by atoms with Crippen LogP contribution in [0.3, 0.4) is 0 Å². The van der Waals surface area contributed by atoms with Crippen LogP contribution in [0.15, 0.2) is 18.2 Å². The van der Waals surface area contributed by atoms with Gasteiger partial charge in [-0.1, -0.05) is 25.0 Å². The van der Waals surface area contributed by atoms with Crippen molar-refractivity contribution in [1.29, 1.82) is 0 Å². The number of carbonyl (C=O) groups is 1. The molecular formula is C16H22N4O. The second kappa shape index (κ2) is 5.84. The maximum absolute atomic E-state index is 12.4. The number of rotatable bonds is 3. The number of aromatic nitrogens is 3. The Morgan fingerprint density at radius 1 is 1.38 bits per heavy atom. The second-order valence-corrected chi connectivity index (χ2v) is 5.95. The molecule has 1 amide bonds. The summed E-state index contributed by atoms with van der Waals surface area (Å²) in [5.41, 5.74) is 2.42. The Kier molecular flexibility index (Phi) is 3.90. The van der Waals surface area contributed by atoms with Gasteiger partial charge in [0.25, 0.3) is 5.91 Å². The summed E-state index contributed by atoms with van der Waals surface area (Å²) in [7, 11) is 0. The summed E-state index contributed by atoms with van der Waals surface area (Å²) in [5.74, 6) is 0.564. The van der Waals surface area contributed by atoms with Gasteiger partial charge in [-0.25, -0.2) is 4.68 Å². The van der Waals surface area contributed by atoms with E-state index in [0.717, 1.165) is 24.0 Å². The lowest BCUT2D eigenvalue weighted by Crippen LogP contribution is -2.41. The molecule has 1 heterocycles. The van der Waals surface area contributed by atoms with E-state index in [1.54, 1.807) is 0 Å². The first kappa shape index (κ1) is 14.0. The van der Waals surface area contributed by atoms with Gasteiger partial charge in [0.05, 0.1) is 5.52 Å². The number of carbonyl (C=O) groups excluding carboxylic acids is 1. The van der Waals surface area contributed by atoms with Gasteiger partial charge in [0.1, 0.15) is 5.52 Å². The number of hydrogen-bond donors (Lipinski definition) is 1. The minimum absolute atomic E-state index is 0.00157. The average Bonchev–Trinajstić information content (AvgIpc) is 2.91. The molecule has 112 valence electrons. The highest BCUT2D eigenvalue weighted by Gasteiger charge is 2.23. The Balaban J connectivity index is 1.78. The third-order valence-corrected chi connectivity index (χ3v) is 4.50. The van der Waals surface area contributed by atoms with Crippen molar-refractivity contribution in [2.24, 2.45) is 5.92 Å². The first-order valence-corrected chi connectivity index (χ1v) is 7.83. The first-order valence-electron chi connectivity index (χ1n) is 7.83. The summed E-state index contributed by atoms with van der Waals surface area (Å²) >= 11 is 0. The Bertz CT molecular complexity index is 649. The molecule has 5 heteroatoms. The number of amides is 1. The molecule has 0 saturated heterocycles. The highest BCUT2D eigenvalue weighted by molar-refractivity contribution is 5.97. The zero-order chi connectivity index (χ0) is 14.8. The van der Waals surface area contributed by atoms with E-state index in [9.17, 15) is 4.79 Å². The second-order valence-electron chi connectivity index (χ2n) is 5.95. The zero-order valence-electron chi connectivity index (χ0n) is 12.7. The van der Waals surface area contributed by atoms with E-state index < -0.39 is 0 Å². The minimum atomic E-state index is 0.00157. The van der Waals surface area contributed by atoms with E-state index in [2.05, 4.69) is 22.6 Å². The molecule has 1 aromatic carbocycles. The van der Waals surface area contributed by atoms with E-state index >= 15 is 0 Å². The standard InChI is InChI=1S/C16H22N4O/c1-3-20-15-9-8-12(10-14(15)18-19-20)16(21)17-13-7-5-4-6-11(13)2/h8-11,13H,3-7H2,1-2H3,(H,17,21)/t11-,13+/m1/s1. The molecule has 1 N–H and O–H groups in total. The van der Waals surface area contributed by atoms with Gasteiger partial charge in [-0.05, 0) is 43.9 Å². The van der Waals surface area contributed by atoms with Gasteiger partial charge in [-0.3, -0.25) is 4.79 Å². The summed E-state index contributed by atoms with van der Waals surface area (Å²) in [6.45, 7) is 5.03. The third-order valence-electron chi connectivity index (χ3n) is 4.50.